The lowest BCUT2D eigenvalue weighted by molar-refractivity contribution is 0.107. The Morgan fingerprint density at radius 3 is 2.65 bits per heavy atom. The van der Waals surface area contributed by atoms with Crippen molar-refractivity contribution in [1.82, 2.24) is 4.90 Å². The fourth-order valence-electron chi connectivity index (χ4n) is 2.25. The lowest BCUT2D eigenvalue weighted by Crippen LogP contribution is -2.44. The zero-order chi connectivity index (χ0) is 12.6. The first-order valence-electron chi connectivity index (χ1n) is 5.85. The maximum atomic E-state index is 11.6. The minimum Gasteiger partial charge on any atom is -0.547 e. The molecule has 2 aliphatic heterocycles. The Kier molecular flexibility index (Phi) is 3.03. The predicted octanol–water partition coefficient (Wildman–Crippen LogP) is 2.50. The fraction of sp³-hybridized carbons (Fsp3) is 0.583. The van der Waals surface area contributed by atoms with Crippen molar-refractivity contribution in [3.05, 3.63) is 24.0 Å². The van der Waals surface area contributed by atoms with Gasteiger partial charge in [0, 0.05) is 6.42 Å². The van der Waals surface area contributed by atoms with Crippen molar-refractivity contribution in [2.24, 2.45) is 0 Å². The van der Waals surface area contributed by atoms with Crippen LogP contribution < -0.4 is 0 Å². The molecule has 1 amide bonds. The van der Waals surface area contributed by atoms with Crippen molar-refractivity contribution < 1.29 is 14.0 Å². The van der Waals surface area contributed by atoms with Gasteiger partial charge in [0.1, 0.15) is 0 Å². The highest BCUT2D eigenvalue weighted by molar-refractivity contribution is 6.70. The highest BCUT2D eigenvalue weighted by Gasteiger charge is 2.37. The van der Waals surface area contributed by atoms with Crippen molar-refractivity contribution in [2.75, 3.05) is 7.11 Å². The summed E-state index contributed by atoms with van der Waals surface area (Å²) in [5.41, 5.74) is 0. The number of carbonyl (C=O) groups excluding carboxylic acids is 1. The van der Waals surface area contributed by atoms with Gasteiger partial charge in [0.2, 0.25) is 8.32 Å². The maximum absolute atomic E-state index is 11.6. The molecule has 94 valence electrons. The van der Waals surface area contributed by atoms with Gasteiger partial charge in [-0.05, 0) is 25.7 Å². The fourth-order valence-corrected chi connectivity index (χ4v) is 3.18. The van der Waals surface area contributed by atoms with E-state index in [0.717, 1.165) is 12.2 Å². The van der Waals surface area contributed by atoms with Crippen LogP contribution in [0.4, 0.5) is 4.79 Å². The van der Waals surface area contributed by atoms with Crippen LogP contribution in [0.15, 0.2) is 24.0 Å². The third-order valence-corrected chi connectivity index (χ3v) is 3.67. The van der Waals surface area contributed by atoms with E-state index in [9.17, 15) is 4.79 Å². The molecule has 0 unspecified atom stereocenters. The van der Waals surface area contributed by atoms with Gasteiger partial charge in [-0.3, -0.25) is 4.90 Å². The second kappa shape index (κ2) is 4.22. The first-order valence-corrected chi connectivity index (χ1v) is 9.26. The normalized spacial score (nSPS) is 26.8. The number of hydrogen-bond acceptors (Lipinski definition) is 3. The molecular formula is C12H19NO3Si. The van der Waals surface area contributed by atoms with E-state index in [2.05, 4.69) is 25.7 Å². The van der Waals surface area contributed by atoms with Gasteiger partial charge in [-0.25, -0.2) is 4.79 Å². The quantitative estimate of drug-likeness (QED) is 0.560. The van der Waals surface area contributed by atoms with Crippen LogP contribution in [0.5, 0.6) is 0 Å². The van der Waals surface area contributed by atoms with E-state index in [0.29, 0.717) is 0 Å². The monoisotopic (exact) mass is 253 g/mol. The largest absolute Gasteiger partial charge is 0.547 e. The molecule has 0 aliphatic carbocycles. The van der Waals surface area contributed by atoms with E-state index in [4.69, 9.17) is 9.16 Å². The van der Waals surface area contributed by atoms with Crippen LogP contribution in [-0.2, 0) is 9.16 Å². The van der Waals surface area contributed by atoms with Gasteiger partial charge in [-0.1, -0.05) is 12.2 Å². The summed E-state index contributed by atoms with van der Waals surface area (Å²) in [7, 11) is -0.148. The average Bonchev–Trinajstić information content (AvgIpc) is 2.47. The Bertz CT molecular complexity index is 384. The molecule has 0 fully saturated rings. The van der Waals surface area contributed by atoms with Crippen molar-refractivity contribution in [2.45, 2.75) is 38.1 Å². The molecule has 2 aliphatic rings. The number of methoxy groups -OCH3 is 1. The number of nitrogens with zero attached hydrogens (tertiary/aromatic N) is 1. The molecule has 0 aromatic carbocycles. The highest BCUT2D eigenvalue weighted by atomic mass is 28.4. The van der Waals surface area contributed by atoms with Crippen LogP contribution >= 0.6 is 0 Å². The summed E-state index contributed by atoms with van der Waals surface area (Å²) in [6.45, 7) is 6.49. The number of ether oxygens (including phenoxy) is 1. The summed E-state index contributed by atoms with van der Waals surface area (Å²) in [5.74, 6) is 1.02. The molecule has 0 saturated heterocycles. The molecule has 2 atom stereocenters. The van der Waals surface area contributed by atoms with Crippen LogP contribution in [-0.4, -0.2) is 38.5 Å². The topological polar surface area (TPSA) is 38.8 Å². The van der Waals surface area contributed by atoms with Gasteiger partial charge in [0.05, 0.1) is 25.0 Å². The van der Waals surface area contributed by atoms with Gasteiger partial charge < -0.3 is 9.16 Å². The summed E-state index contributed by atoms with van der Waals surface area (Å²) in [5, 5.41) is 0. The van der Waals surface area contributed by atoms with Crippen molar-refractivity contribution in [3.63, 3.8) is 0 Å². The summed E-state index contributed by atoms with van der Waals surface area (Å²) in [4.78, 5) is 13.4. The second-order valence-corrected chi connectivity index (χ2v) is 9.80. The van der Waals surface area contributed by atoms with Crippen LogP contribution in [0.25, 0.3) is 0 Å². The third-order valence-electron chi connectivity index (χ3n) is 2.80. The maximum Gasteiger partial charge on any atom is 0.410 e. The molecule has 0 radical (unpaired) electrons. The molecule has 17 heavy (non-hydrogen) atoms. The van der Waals surface area contributed by atoms with E-state index < -0.39 is 8.32 Å². The molecule has 5 heteroatoms. The third kappa shape index (κ3) is 2.54. The Morgan fingerprint density at radius 1 is 1.41 bits per heavy atom. The van der Waals surface area contributed by atoms with Crippen molar-refractivity contribution in [1.29, 1.82) is 0 Å². The van der Waals surface area contributed by atoms with Gasteiger partial charge in [-0.15, -0.1) is 0 Å². The van der Waals surface area contributed by atoms with Crippen LogP contribution in [0.3, 0.4) is 0 Å². The van der Waals surface area contributed by atoms with Crippen molar-refractivity contribution >= 4 is 14.4 Å². The molecule has 0 aromatic rings. The molecular weight excluding hydrogens is 234 g/mol. The minimum absolute atomic E-state index is 0.00690. The zero-order valence-electron chi connectivity index (χ0n) is 10.8. The van der Waals surface area contributed by atoms with Gasteiger partial charge in [0.15, 0.2) is 0 Å². The molecule has 0 spiro atoms. The van der Waals surface area contributed by atoms with Gasteiger partial charge in [-0.2, -0.15) is 0 Å². The predicted molar refractivity (Wildman–Crippen MR) is 68.1 cm³/mol. The number of hydrogen-bond donors (Lipinski definition) is 0. The van der Waals surface area contributed by atoms with E-state index in [1.54, 1.807) is 4.90 Å². The van der Waals surface area contributed by atoms with E-state index in [-0.39, 0.29) is 18.2 Å². The van der Waals surface area contributed by atoms with Crippen LogP contribution in [0, 0.1) is 0 Å². The lowest BCUT2D eigenvalue weighted by Gasteiger charge is -2.34. The number of carbonyl (C=O) groups is 1. The lowest BCUT2D eigenvalue weighted by atomic mass is 10.1. The van der Waals surface area contributed by atoms with E-state index in [1.165, 1.54) is 7.11 Å². The van der Waals surface area contributed by atoms with E-state index >= 15 is 0 Å². The molecule has 2 rings (SSSR count). The molecule has 0 saturated carbocycles. The Morgan fingerprint density at radius 2 is 2.12 bits per heavy atom. The van der Waals surface area contributed by atoms with Crippen LogP contribution in [0.1, 0.15) is 6.42 Å². The average molecular weight is 253 g/mol. The smallest absolute Gasteiger partial charge is 0.410 e. The van der Waals surface area contributed by atoms with Crippen molar-refractivity contribution in [3.8, 4) is 0 Å². The second-order valence-electron chi connectivity index (χ2n) is 5.37. The summed E-state index contributed by atoms with van der Waals surface area (Å²) >= 11 is 0. The van der Waals surface area contributed by atoms with Gasteiger partial charge >= 0.3 is 6.09 Å². The van der Waals surface area contributed by atoms with Crippen LogP contribution in [0.2, 0.25) is 19.6 Å². The molecule has 2 heterocycles. The Balaban J connectivity index is 2.12. The molecule has 4 nitrogen and oxygen atoms in total. The van der Waals surface area contributed by atoms with E-state index in [1.807, 2.05) is 12.2 Å². The molecule has 2 bridgehead atoms. The number of amides is 1. The molecule has 0 N–H and O–H groups in total. The first-order chi connectivity index (χ1) is 7.90. The minimum atomic E-state index is -1.56. The first kappa shape index (κ1) is 12.2. The SMILES string of the molecule is COC(=O)N1[C@H]2C=C[C@@H]1CC(O[Si](C)(C)C)=C2. The Labute approximate surface area is 103 Å². The summed E-state index contributed by atoms with van der Waals surface area (Å²) < 4.78 is 10.8. The Hall–Kier alpha value is -1.23. The highest BCUT2D eigenvalue weighted by Crippen LogP contribution is 2.31. The number of fused-ring (bicyclic) bond motifs is 2. The van der Waals surface area contributed by atoms with Gasteiger partial charge in [0.25, 0.3) is 0 Å². The zero-order valence-corrected chi connectivity index (χ0v) is 11.8. The standard InChI is InChI=1S/C12H19NO3Si/c1-15-12(14)13-9-5-6-10(13)8-11(7-9)16-17(2,3)4/h5-7,9-10H,8H2,1-4H3/t9-,10+/m0/s1. The summed E-state index contributed by atoms with van der Waals surface area (Å²) in [6, 6.07) is 0.0800. The number of rotatable bonds is 2. The summed E-state index contributed by atoms with van der Waals surface area (Å²) in [6.07, 6.45) is 6.59. The molecule has 0 aromatic heterocycles.